The fraction of sp³-hybridized carbons (Fsp3) is 0.400. The Morgan fingerprint density at radius 2 is 1.86 bits per heavy atom. The first-order valence-corrected chi connectivity index (χ1v) is 7.06. The summed E-state index contributed by atoms with van der Waals surface area (Å²) in [4.78, 5) is 14.7. The number of carbonyl (C=O) groups excluding carboxylic acids is 1. The van der Waals surface area contributed by atoms with Crippen LogP contribution in [-0.4, -0.2) is 52.6 Å². The van der Waals surface area contributed by atoms with Crippen LogP contribution in [0.3, 0.4) is 0 Å². The minimum Gasteiger partial charge on any atom is -0.419 e. The molecular weight excluding hydrogens is 268 g/mol. The van der Waals surface area contributed by atoms with Gasteiger partial charge < -0.3 is 9.32 Å². The summed E-state index contributed by atoms with van der Waals surface area (Å²) in [5.74, 6) is 1.17. The lowest BCUT2D eigenvalue weighted by molar-refractivity contribution is -0.119. The standard InChI is InChI=1S/C15H18N4O2/c1-12-2-4-13(5-3-12)15-17-16-14(21-15)10-18-6-8-19(11-20)9-7-18/h2-5,11H,6-10H2,1H3. The van der Waals surface area contributed by atoms with Gasteiger partial charge in [0, 0.05) is 31.7 Å². The van der Waals surface area contributed by atoms with Crippen molar-refractivity contribution >= 4 is 6.41 Å². The van der Waals surface area contributed by atoms with Crippen LogP contribution in [0.15, 0.2) is 28.7 Å². The molecule has 6 heteroatoms. The number of rotatable bonds is 4. The zero-order chi connectivity index (χ0) is 14.7. The molecule has 1 fully saturated rings. The van der Waals surface area contributed by atoms with Gasteiger partial charge in [-0.3, -0.25) is 9.69 Å². The van der Waals surface area contributed by atoms with Crippen LogP contribution in [0.5, 0.6) is 0 Å². The van der Waals surface area contributed by atoms with Crippen molar-refractivity contribution in [2.75, 3.05) is 26.2 Å². The average molecular weight is 286 g/mol. The van der Waals surface area contributed by atoms with Crippen molar-refractivity contribution in [3.63, 3.8) is 0 Å². The van der Waals surface area contributed by atoms with E-state index in [2.05, 4.69) is 15.1 Å². The van der Waals surface area contributed by atoms with E-state index in [1.54, 1.807) is 4.90 Å². The zero-order valence-corrected chi connectivity index (χ0v) is 12.0. The van der Waals surface area contributed by atoms with E-state index in [0.717, 1.165) is 38.2 Å². The molecule has 0 spiro atoms. The Balaban J connectivity index is 1.63. The van der Waals surface area contributed by atoms with Crippen molar-refractivity contribution in [3.05, 3.63) is 35.7 Å². The lowest BCUT2D eigenvalue weighted by Gasteiger charge is -2.31. The summed E-state index contributed by atoms with van der Waals surface area (Å²) >= 11 is 0. The van der Waals surface area contributed by atoms with Crippen LogP contribution in [0.1, 0.15) is 11.5 Å². The van der Waals surface area contributed by atoms with Gasteiger partial charge in [-0.05, 0) is 19.1 Å². The maximum atomic E-state index is 10.7. The first-order valence-electron chi connectivity index (χ1n) is 7.06. The Morgan fingerprint density at radius 3 is 2.52 bits per heavy atom. The molecule has 110 valence electrons. The molecule has 2 heterocycles. The van der Waals surface area contributed by atoms with E-state index >= 15 is 0 Å². The molecule has 0 saturated carbocycles. The van der Waals surface area contributed by atoms with Crippen LogP contribution in [-0.2, 0) is 11.3 Å². The highest BCUT2D eigenvalue weighted by molar-refractivity contribution is 5.52. The quantitative estimate of drug-likeness (QED) is 0.793. The van der Waals surface area contributed by atoms with Crippen molar-refractivity contribution < 1.29 is 9.21 Å². The highest BCUT2D eigenvalue weighted by atomic mass is 16.4. The van der Waals surface area contributed by atoms with Gasteiger partial charge in [0.15, 0.2) is 0 Å². The number of benzene rings is 1. The van der Waals surface area contributed by atoms with E-state index in [1.165, 1.54) is 5.56 Å². The molecule has 6 nitrogen and oxygen atoms in total. The van der Waals surface area contributed by atoms with E-state index in [9.17, 15) is 4.79 Å². The normalized spacial score (nSPS) is 16.1. The van der Waals surface area contributed by atoms with Crippen LogP contribution in [0.2, 0.25) is 0 Å². The predicted molar refractivity (Wildman–Crippen MR) is 77.4 cm³/mol. The fourth-order valence-electron chi connectivity index (χ4n) is 2.35. The lowest BCUT2D eigenvalue weighted by Crippen LogP contribution is -2.45. The second-order valence-corrected chi connectivity index (χ2v) is 5.28. The number of carbonyl (C=O) groups is 1. The molecular formula is C15H18N4O2. The molecule has 3 rings (SSSR count). The third kappa shape index (κ3) is 3.28. The Morgan fingerprint density at radius 1 is 1.14 bits per heavy atom. The van der Waals surface area contributed by atoms with Gasteiger partial charge in [0.2, 0.25) is 18.2 Å². The summed E-state index contributed by atoms with van der Waals surface area (Å²) in [5.41, 5.74) is 2.14. The molecule has 2 aromatic rings. The molecule has 1 aromatic heterocycles. The molecule has 0 atom stereocenters. The number of piperazine rings is 1. The number of aryl methyl sites for hydroxylation is 1. The second-order valence-electron chi connectivity index (χ2n) is 5.28. The minimum atomic E-state index is 0.552. The molecule has 0 aliphatic carbocycles. The number of nitrogens with zero attached hydrogens (tertiary/aromatic N) is 4. The molecule has 0 N–H and O–H groups in total. The SMILES string of the molecule is Cc1ccc(-c2nnc(CN3CCN(C=O)CC3)o2)cc1. The molecule has 1 amide bonds. The van der Waals surface area contributed by atoms with Crippen LogP contribution in [0, 0.1) is 6.92 Å². The van der Waals surface area contributed by atoms with Crippen LogP contribution in [0.4, 0.5) is 0 Å². The third-order valence-electron chi connectivity index (χ3n) is 3.68. The topological polar surface area (TPSA) is 62.5 Å². The minimum absolute atomic E-state index is 0.552. The highest BCUT2D eigenvalue weighted by Gasteiger charge is 2.18. The van der Waals surface area contributed by atoms with Crippen molar-refractivity contribution in [2.45, 2.75) is 13.5 Å². The first kappa shape index (κ1) is 13.8. The van der Waals surface area contributed by atoms with Crippen LogP contribution < -0.4 is 0 Å². The van der Waals surface area contributed by atoms with Gasteiger partial charge in [-0.2, -0.15) is 0 Å². The Kier molecular flexibility index (Phi) is 3.96. The molecule has 0 unspecified atom stereocenters. The summed E-state index contributed by atoms with van der Waals surface area (Å²) in [7, 11) is 0. The first-order chi connectivity index (χ1) is 10.2. The van der Waals surface area contributed by atoms with Gasteiger partial charge in [-0.15, -0.1) is 10.2 Å². The summed E-state index contributed by atoms with van der Waals surface area (Å²) in [6.07, 6.45) is 0.902. The van der Waals surface area contributed by atoms with Gasteiger partial charge in [-0.25, -0.2) is 0 Å². The van der Waals surface area contributed by atoms with Gasteiger partial charge in [0.05, 0.1) is 6.54 Å². The van der Waals surface area contributed by atoms with Gasteiger partial charge in [0.25, 0.3) is 0 Å². The Labute approximate surface area is 123 Å². The molecule has 0 radical (unpaired) electrons. The summed E-state index contributed by atoms with van der Waals surface area (Å²) < 4.78 is 5.72. The highest BCUT2D eigenvalue weighted by Crippen LogP contribution is 2.19. The van der Waals surface area contributed by atoms with Crippen molar-refractivity contribution in [2.24, 2.45) is 0 Å². The zero-order valence-electron chi connectivity index (χ0n) is 12.0. The number of amides is 1. The fourth-order valence-corrected chi connectivity index (χ4v) is 2.35. The van der Waals surface area contributed by atoms with E-state index < -0.39 is 0 Å². The third-order valence-corrected chi connectivity index (χ3v) is 3.68. The lowest BCUT2D eigenvalue weighted by atomic mass is 10.1. The second kappa shape index (κ2) is 6.05. The molecule has 21 heavy (non-hydrogen) atoms. The summed E-state index contributed by atoms with van der Waals surface area (Å²) in [6, 6.07) is 8.01. The van der Waals surface area contributed by atoms with E-state index in [0.29, 0.717) is 18.3 Å². The number of aromatic nitrogens is 2. The summed E-state index contributed by atoms with van der Waals surface area (Å²) in [6.45, 7) is 5.85. The van der Waals surface area contributed by atoms with Gasteiger partial charge >= 0.3 is 0 Å². The molecule has 0 bridgehead atoms. The smallest absolute Gasteiger partial charge is 0.247 e. The average Bonchev–Trinajstić information content (AvgIpc) is 2.97. The number of hydrogen-bond donors (Lipinski definition) is 0. The Bertz CT molecular complexity index is 600. The van der Waals surface area contributed by atoms with Crippen molar-refractivity contribution in [1.82, 2.24) is 20.0 Å². The van der Waals surface area contributed by atoms with Crippen molar-refractivity contribution in [3.8, 4) is 11.5 Å². The number of hydrogen-bond acceptors (Lipinski definition) is 5. The maximum absolute atomic E-state index is 10.7. The molecule has 1 aliphatic rings. The molecule has 1 aromatic carbocycles. The molecule has 1 saturated heterocycles. The molecule has 1 aliphatic heterocycles. The van der Waals surface area contributed by atoms with E-state index in [-0.39, 0.29) is 0 Å². The summed E-state index contributed by atoms with van der Waals surface area (Å²) in [5, 5.41) is 8.21. The maximum Gasteiger partial charge on any atom is 0.247 e. The predicted octanol–water partition coefficient (Wildman–Crippen LogP) is 1.32. The van der Waals surface area contributed by atoms with E-state index in [1.807, 2.05) is 31.2 Å². The van der Waals surface area contributed by atoms with Gasteiger partial charge in [0.1, 0.15) is 0 Å². The monoisotopic (exact) mass is 286 g/mol. The van der Waals surface area contributed by atoms with Gasteiger partial charge in [-0.1, -0.05) is 17.7 Å². The largest absolute Gasteiger partial charge is 0.419 e. The van der Waals surface area contributed by atoms with Crippen molar-refractivity contribution in [1.29, 1.82) is 0 Å². The van der Waals surface area contributed by atoms with E-state index in [4.69, 9.17) is 4.42 Å². The van der Waals surface area contributed by atoms with Crippen LogP contribution in [0.25, 0.3) is 11.5 Å². The Hall–Kier alpha value is -2.21. The van der Waals surface area contributed by atoms with Crippen LogP contribution >= 0.6 is 0 Å².